The molecule has 10 heavy (non-hydrogen) atoms. The Bertz CT molecular complexity index is 210. The molecule has 1 radical (unpaired) electrons. The summed E-state index contributed by atoms with van der Waals surface area (Å²) in [6, 6.07) is 9.34. The summed E-state index contributed by atoms with van der Waals surface area (Å²) in [4.78, 5) is 10.4. The van der Waals surface area contributed by atoms with Crippen LogP contribution in [0.15, 0.2) is 24.3 Å². The zero-order valence-corrected chi connectivity index (χ0v) is 8.21. The molecule has 0 spiro atoms. The van der Waals surface area contributed by atoms with Crippen LogP contribution in [0.2, 0.25) is 0 Å². The number of nitrogens with two attached hydrogens (primary N) is 1. The normalized spacial score (nSPS) is 8.00. The number of carbonyl (C=O) groups is 1. The van der Waals surface area contributed by atoms with Crippen molar-refractivity contribution in [3.8, 4) is 0 Å². The van der Waals surface area contributed by atoms with Crippen LogP contribution in [-0.4, -0.2) is 5.91 Å². The second kappa shape index (κ2) is 4.58. The summed E-state index contributed by atoms with van der Waals surface area (Å²) in [6.07, 6.45) is 0. The maximum absolute atomic E-state index is 10.4. The Balaban J connectivity index is 0.000000810. The first-order chi connectivity index (χ1) is 4.30. The summed E-state index contributed by atoms with van der Waals surface area (Å²) in [5, 5.41) is 0. The van der Waals surface area contributed by atoms with Gasteiger partial charge in [0.1, 0.15) is 0 Å². The van der Waals surface area contributed by atoms with Crippen molar-refractivity contribution in [1.29, 1.82) is 0 Å². The molecule has 0 aromatic heterocycles. The fourth-order valence-corrected chi connectivity index (χ4v) is 0.551. The van der Waals surface area contributed by atoms with Crippen molar-refractivity contribution in [2.45, 2.75) is 0 Å². The molecule has 0 aliphatic heterocycles. The average Bonchev–Trinajstić information content (AvgIpc) is 1.90. The van der Waals surface area contributed by atoms with E-state index in [0.29, 0.717) is 5.56 Å². The minimum atomic E-state index is -0.399. The van der Waals surface area contributed by atoms with Crippen LogP contribution in [0.3, 0.4) is 0 Å². The van der Waals surface area contributed by atoms with E-state index in [-0.39, 0.29) is 32.7 Å². The monoisotopic (exact) mass is 209 g/mol. The molecule has 0 heterocycles. The molecule has 2 nitrogen and oxygen atoms in total. The largest absolute Gasteiger partial charge is 0.367 e. The Morgan fingerprint density at radius 3 is 2.20 bits per heavy atom. The summed E-state index contributed by atoms with van der Waals surface area (Å²) >= 11 is 0. The Labute approximate surface area is 84.7 Å². The van der Waals surface area contributed by atoms with Crippen LogP contribution >= 0.6 is 0 Å². The van der Waals surface area contributed by atoms with Crippen LogP contribution in [0.5, 0.6) is 0 Å². The van der Waals surface area contributed by atoms with Crippen molar-refractivity contribution in [1.82, 2.24) is 0 Å². The number of amides is 1. The quantitative estimate of drug-likeness (QED) is 0.675. The summed E-state index contributed by atoms with van der Waals surface area (Å²) in [5.41, 5.74) is 5.48. The first-order valence-corrected chi connectivity index (χ1v) is 2.56. The summed E-state index contributed by atoms with van der Waals surface area (Å²) in [6.45, 7) is 0. The summed E-state index contributed by atoms with van der Waals surface area (Å²) in [5.74, 6) is -0.399. The van der Waals surface area contributed by atoms with Gasteiger partial charge in [-0.05, 0) is 0 Å². The predicted octanol–water partition coefficient (Wildman–Crippen LogP) is 0.583. The molecule has 0 atom stereocenters. The maximum Gasteiger partial charge on any atom is 0.224 e. The molecule has 2 N–H and O–H groups in total. The third-order valence-electron chi connectivity index (χ3n) is 1.00. The molecular formula is C7H6NOY-. The Morgan fingerprint density at radius 1 is 1.40 bits per heavy atom. The number of carbonyl (C=O) groups excluding carboxylic acids is 1. The van der Waals surface area contributed by atoms with Crippen LogP contribution in [0.25, 0.3) is 0 Å². The standard InChI is InChI=1S/C7H6NO.Y/c8-7(9)6-4-2-1-3-5-6;/h2-5H,(H2,8,9);/q-1;. The first kappa shape index (κ1) is 9.79. The van der Waals surface area contributed by atoms with Gasteiger partial charge in [0, 0.05) is 32.7 Å². The van der Waals surface area contributed by atoms with E-state index in [1.807, 2.05) is 0 Å². The van der Waals surface area contributed by atoms with Gasteiger partial charge in [0.05, 0.1) is 0 Å². The van der Waals surface area contributed by atoms with Crippen molar-refractivity contribution in [3.05, 3.63) is 35.9 Å². The van der Waals surface area contributed by atoms with Crippen molar-refractivity contribution >= 4 is 5.91 Å². The number of rotatable bonds is 1. The Kier molecular flexibility index (Phi) is 4.49. The third kappa shape index (κ3) is 2.59. The van der Waals surface area contributed by atoms with Gasteiger partial charge in [-0.25, -0.2) is 0 Å². The van der Waals surface area contributed by atoms with Gasteiger partial charge in [0.2, 0.25) is 5.91 Å². The fraction of sp³-hybridized carbons (Fsp3) is 0. The molecule has 0 unspecified atom stereocenters. The minimum Gasteiger partial charge on any atom is -0.367 e. The fourth-order valence-electron chi connectivity index (χ4n) is 0.551. The first-order valence-electron chi connectivity index (χ1n) is 2.56. The van der Waals surface area contributed by atoms with Gasteiger partial charge < -0.3 is 5.73 Å². The molecule has 0 saturated carbocycles. The summed E-state index contributed by atoms with van der Waals surface area (Å²) < 4.78 is 0. The predicted molar refractivity (Wildman–Crippen MR) is 33.8 cm³/mol. The molecule has 1 aromatic carbocycles. The van der Waals surface area contributed by atoms with E-state index >= 15 is 0 Å². The molecule has 0 fully saturated rings. The second-order valence-electron chi connectivity index (χ2n) is 1.65. The van der Waals surface area contributed by atoms with Crippen LogP contribution in [0, 0.1) is 6.07 Å². The zero-order chi connectivity index (χ0) is 6.69. The van der Waals surface area contributed by atoms with Gasteiger partial charge in [0.15, 0.2) is 0 Å². The van der Waals surface area contributed by atoms with Crippen LogP contribution in [0.1, 0.15) is 10.4 Å². The summed E-state index contributed by atoms with van der Waals surface area (Å²) in [7, 11) is 0. The van der Waals surface area contributed by atoms with Crippen molar-refractivity contribution in [2.75, 3.05) is 0 Å². The van der Waals surface area contributed by atoms with E-state index in [1.165, 1.54) is 0 Å². The van der Waals surface area contributed by atoms with Crippen LogP contribution in [-0.2, 0) is 32.7 Å². The van der Waals surface area contributed by atoms with E-state index < -0.39 is 5.91 Å². The minimum absolute atomic E-state index is 0. The molecule has 1 aromatic rings. The van der Waals surface area contributed by atoms with E-state index in [4.69, 9.17) is 5.73 Å². The van der Waals surface area contributed by atoms with Crippen molar-refractivity contribution in [3.63, 3.8) is 0 Å². The molecule has 1 rings (SSSR count). The zero-order valence-electron chi connectivity index (χ0n) is 5.37. The van der Waals surface area contributed by atoms with Crippen molar-refractivity contribution in [2.24, 2.45) is 5.73 Å². The molecular weight excluding hydrogens is 203 g/mol. The van der Waals surface area contributed by atoms with Crippen LogP contribution < -0.4 is 5.73 Å². The van der Waals surface area contributed by atoms with Gasteiger partial charge in [-0.15, -0.1) is 0 Å². The van der Waals surface area contributed by atoms with E-state index in [0.717, 1.165) is 0 Å². The number of hydrogen-bond donors (Lipinski definition) is 1. The molecule has 49 valence electrons. The molecule has 0 saturated heterocycles. The molecule has 1 amide bonds. The number of benzene rings is 1. The number of hydrogen-bond acceptors (Lipinski definition) is 1. The molecule has 3 heteroatoms. The molecule has 0 aliphatic carbocycles. The van der Waals surface area contributed by atoms with Crippen molar-refractivity contribution < 1.29 is 37.5 Å². The SMILES string of the molecule is NC(=O)c1cc[c-]cc1.[Y]. The van der Waals surface area contributed by atoms with Crippen LogP contribution in [0.4, 0.5) is 0 Å². The Hall–Kier alpha value is -0.206. The topological polar surface area (TPSA) is 43.1 Å². The maximum atomic E-state index is 10.4. The van der Waals surface area contributed by atoms with Gasteiger partial charge in [-0.2, -0.15) is 30.3 Å². The average molecular weight is 209 g/mol. The molecule has 0 aliphatic rings. The van der Waals surface area contributed by atoms with Gasteiger partial charge >= 0.3 is 0 Å². The van der Waals surface area contributed by atoms with E-state index in [1.54, 1.807) is 24.3 Å². The van der Waals surface area contributed by atoms with Gasteiger partial charge in [-0.3, -0.25) is 4.79 Å². The van der Waals surface area contributed by atoms with E-state index in [9.17, 15) is 4.79 Å². The van der Waals surface area contributed by atoms with Gasteiger partial charge in [-0.1, -0.05) is 5.56 Å². The Morgan fingerprint density at radius 2 is 1.90 bits per heavy atom. The second-order valence-corrected chi connectivity index (χ2v) is 1.65. The smallest absolute Gasteiger partial charge is 0.224 e. The number of primary amides is 1. The molecule has 0 bridgehead atoms. The van der Waals surface area contributed by atoms with E-state index in [2.05, 4.69) is 6.07 Å². The third-order valence-corrected chi connectivity index (χ3v) is 1.00. The van der Waals surface area contributed by atoms with Gasteiger partial charge in [0.25, 0.3) is 0 Å².